The summed E-state index contributed by atoms with van der Waals surface area (Å²) in [5.74, 6) is 0.580. The van der Waals surface area contributed by atoms with E-state index in [1.807, 2.05) is 6.07 Å². The first-order valence-corrected chi connectivity index (χ1v) is 5.41. The van der Waals surface area contributed by atoms with Crippen molar-refractivity contribution in [2.45, 2.75) is 38.9 Å². The van der Waals surface area contributed by atoms with Crippen LogP contribution in [0.15, 0.2) is 18.2 Å². The molecule has 0 fully saturated rings. The summed E-state index contributed by atoms with van der Waals surface area (Å²) < 4.78 is 34.3. The number of alkyl halides is 2. The van der Waals surface area contributed by atoms with Crippen molar-refractivity contribution in [1.82, 2.24) is 0 Å². The zero-order valence-electron chi connectivity index (χ0n) is 9.30. The second-order valence-electron chi connectivity index (χ2n) is 4.06. The Balaban J connectivity index is 2.22. The molecule has 0 saturated carbocycles. The summed E-state index contributed by atoms with van der Waals surface area (Å²) in [7, 11) is 0. The van der Waals surface area contributed by atoms with Crippen LogP contribution in [0.1, 0.15) is 38.2 Å². The predicted octanol–water partition coefficient (Wildman–Crippen LogP) is 3.91. The van der Waals surface area contributed by atoms with E-state index in [2.05, 4.69) is 23.3 Å². The van der Waals surface area contributed by atoms with Crippen LogP contribution in [-0.4, -0.2) is 6.29 Å². The first-order chi connectivity index (χ1) is 7.52. The molecule has 0 amide bonds. The molecular weight excluding hydrogens is 214 g/mol. The van der Waals surface area contributed by atoms with E-state index in [-0.39, 0.29) is 11.5 Å². The number of fused-ring (bicyclic) bond motifs is 1. The van der Waals surface area contributed by atoms with Crippen molar-refractivity contribution in [3.05, 3.63) is 23.8 Å². The fourth-order valence-electron chi connectivity index (χ4n) is 1.87. The van der Waals surface area contributed by atoms with Crippen LogP contribution in [0, 0.1) is 0 Å². The van der Waals surface area contributed by atoms with Crippen molar-refractivity contribution in [1.29, 1.82) is 0 Å². The molecule has 0 N–H and O–H groups in total. The molecule has 0 aromatic heterocycles. The highest BCUT2D eigenvalue weighted by molar-refractivity contribution is 5.45. The van der Waals surface area contributed by atoms with Crippen LogP contribution in [0.3, 0.4) is 0 Å². The molecule has 0 bridgehead atoms. The van der Waals surface area contributed by atoms with Gasteiger partial charge in [-0.2, -0.15) is 0 Å². The second kappa shape index (κ2) is 3.92. The Morgan fingerprint density at radius 3 is 2.62 bits per heavy atom. The average molecular weight is 228 g/mol. The lowest BCUT2D eigenvalue weighted by Gasteiger charge is -2.10. The number of rotatable bonds is 3. The molecule has 1 heterocycles. The van der Waals surface area contributed by atoms with Crippen LogP contribution in [0.25, 0.3) is 0 Å². The van der Waals surface area contributed by atoms with Crippen molar-refractivity contribution in [3.8, 4) is 11.5 Å². The highest BCUT2D eigenvalue weighted by Crippen LogP contribution is 2.42. The van der Waals surface area contributed by atoms with Gasteiger partial charge in [-0.3, -0.25) is 0 Å². The molecule has 2 rings (SSSR count). The Bertz CT molecular complexity index is 391. The van der Waals surface area contributed by atoms with Gasteiger partial charge in [-0.05, 0) is 30.0 Å². The van der Waals surface area contributed by atoms with E-state index in [1.165, 1.54) is 6.07 Å². The number of halogens is 2. The van der Waals surface area contributed by atoms with Crippen molar-refractivity contribution in [2.75, 3.05) is 0 Å². The summed E-state index contributed by atoms with van der Waals surface area (Å²) in [4.78, 5) is 0. The molecular formula is C12H14F2O2. The summed E-state index contributed by atoms with van der Waals surface area (Å²) in [6, 6.07) is 4.98. The fourth-order valence-corrected chi connectivity index (χ4v) is 1.87. The molecule has 1 unspecified atom stereocenters. The van der Waals surface area contributed by atoms with Gasteiger partial charge in [0.1, 0.15) is 0 Å². The van der Waals surface area contributed by atoms with Crippen molar-refractivity contribution >= 4 is 0 Å². The molecule has 0 saturated heterocycles. The summed E-state index contributed by atoms with van der Waals surface area (Å²) in [5.41, 5.74) is 1.00. The quantitative estimate of drug-likeness (QED) is 0.780. The van der Waals surface area contributed by atoms with Gasteiger partial charge in [0, 0.05) is 0 Å². The van der Waals surface area contributed by atoms with Gasteiger partial charge in [0.25, 0.3) is 0 Å². The van der Waals surface area contributed by atoms with E-state index in [4.69, 9.17) is 0 Å². The number of hydrogen-bond donors (Lipinski definition) is 0. The maximum absolute atomic E-state index is 12.8. The van der Waals surface area contributed by atoms with Crippen molar-refractivity contribution in [2.24, 2.45) is 0 Å². The Labute approximate surface area is 93.2 Å². The summed E-state index contributed by atoms with van der Waals surface area (Å²) >= 11 is 0. The van der Waals surface area contributed by atoms with Gasteiger partial charge in [-0.25, -0.2) is 0 Å². The third-order valence-electron chi connectivity index (χ3n) is 2.72. The van der Waals surface area contributed by atoms with Gasteiger partial charge in [0.05, 0.1) is 0 Å². The van der Waals surface area contributed by atoms with E-state index >= 15 is 0 Å². The average Bonchev–Trinajstić information content (AvgIpc) is 2.50. The zero-order valence-corrected chi connectivity index (χ0v) is 9.30. The van der Waals surface area contributed by atoms with Crippen LogP contribution in [0.2, 0.25) is 0 Å². The van der Waals surface area contributed by atoms with Gasteiger partial charge in [0.2, 0.25) is 0 Å². The van der Waals surface area contributed by atoms with Gasteiger partial charge < -0.3 is 9.47 Å². The number of ether oxygens (including phenoxy) is 2. The lowest BCUT2D eigenvalue weighted by atomic mass is 9.96. The first-order valence-electron chi connectivity index (χ1n) is 5.41. The van der Waals surface area contributed by atoms with Crippen LogP contribution < -0.4 is 9.47 Å². The topological polar surface area (TPSA) is 18.5 Å². The smallest absolute Gasteiger partial charge is 0.395 e. The molecule has 88 valence electrons. The molecule has 0 radical (unpaired) electrons. The molecule has 1 aliphatic heterocycles. The van der Waals surface area contributed by atoms with E-state index in [9.17, 15) is 8.78 Å². The lowest BCUT2D eigenvalue weighted by Crippen LogP contribution is -2.25. The van der Waals surface area contributed by atoms with Crippen LogP contribution >= 0.6 is 0 Å². The monoisotopic (exact) mass is 228 g/mol. The molecule has 1 aliphatic rings. The molecule has 16 heavy (non-hydrogen) atoms. The maximum atomic E-state index is 12.8. The largest absolute Gasteiger partial charge is 0.586 e. The Morgan fingerprint density at radius 1 is 1.25 bits per heavy atom. The minimum Gasteiger partial charge on any atom is -0.395 e. The number of benzene rings is 1. The van der Waals surface area contributed by atoms with Gasteiger partial charge in [0.15, 0.2) is 11.5 Å². The van der Waals surface area contributed by atoms with E-state index < -0.39 is 6.29 Å². The van der Waals surface area contributed by atoms with E-state index in [0.717, 1.165) is 18.4 Å². The highest BCUT2D eigenvalue weighted by Gasteiger charge is 2.43. The fraction of sp³-hybridized carbons (Fsp3) is 0.500. The van der Waals surface area contributed by atoms with Crippen molar-refractivity contribution < 1.29 is 18.3 Å². The highest BCUT2D eigenvalue weighted by atomic mass is 19.3. The molecule has 4 heteroatoms. The molecule has 0 spiro atoms. The van der Waals surface area contributed by atoms with Crippen LogP contribution in [-0.2, 0) is 0 Å². The third kappa shape index (κ3) is 2.10. The predicted molar refractivity (Wildman–Crippen MR) is 56.0 cm³/mol. The standard InChI is InChI=1S/C12H14F2O2/c1-3-4-8(2)9-5-6-10-11(7-9)16-12(13,14)15-10/h5-8H,3-4H2,1-2H3. The molecule has 2 nitrogen and oxygen atoms in total. The van der Waals surface area contributed by atoms with Gasteiger partial charge >= 0.3 is 6.29 Å². The van der Waals surface area contributed by atoms with Crippen LogP contribution in [0.4, 0.5) is 8.78 Å². The normalized spacial score (nSPS) is 18.5. The third-order valence-corrected chi connectivity index (χ3v) is 2.72. The Hall–Kier alpha value is -1.32. The summed E-state index contributed by atoms with van der Waals surface area (Å²) in [6.45, 7) is 4.16. The lowest BCUT2D eigenvalue weighted by molar-refractivity contribution is -0.286. The first kappa shape index (κ1) is 11.2. The summed E-state index contributed by atoms with van der Waals surface area (Å²) in [6.07, 6.45) is -1.43. The Morgan fingerprint density at radius 2 is 1.94 bits per heavy atom. The number of hydrogen-bond acceptors (Lipinski definition) is 2. The molecule has 1 aromatic rings. The summed E-state index contributed by atoms with van der Waals surface area (Å²) in [5, 5.41) is 0. The second-order valence-corrected chi connectivity index (χ2v) is 4.06. The van der Waals surface area contributed by atoms with Crippen LogP contribution in [0.5, 0.6) is 11.5 Å². The van der Waals surface area contributed by atoms with Crippen molar-refractivity contribution in [3.63, 3.8) is 0 Å². The van der Waals surface area contributed by atoms with Gasteiger partial charge in [-0.1, -0.05) is 26.3 Å². The van der Waals surface area contributed by atoms with E-state index in [1.54, 1.807) is 6.07 Å². The SMILES string of the molecule is CCCC(C)c1ccc2c(c1)OC(F)(F)O2. The molecule has 1 atom stereocenters. The molecule has 0 aliphatic carbocycles. The minimum atomic E-state index is -3.52. The van der Waals surface area contributed by atoms with E-state index in [0.29, 0.717) is 5.92 Å². The zero-order chi connectivity index (χ0) is 11.8. The molecule has 1 aromatic carbocycles. The van der Waals surface area contributed by atoms with Gasteiger partial charge in [-0.15, -0.1) is 8.78 Å². The maximum Gasteiger partial charge on any atom is 0.586 e. The minimum absolute atomic E-state index is 0.109. The Kier molecular flexibility index (Phi) is 2.74.